The number of fused-ring (bicyclic) bond motifs is 1. The monoisotopic (exact) mass is 459 g/mol. The molecule has 0 saturated carbocycles. The smallest absolute Gasteiger partial charge is 0.271 e. The molecule has 1 N–H and O–H groups in total. The molecule has 1 aromatic heterocycles. The van der Waals surface area contributed by atoms with E-state index in [-0.39, 0.29) is 5.91 Å². The minimum absolute atomic E-state index is 0.208. The predicted molar refractivity (Wildman–Crippen MR) is 126 cm³/mol. The van der Waals surface area contributed by atoms with Crippen LogP contribution in [0.5, 0.6) is 0 Å². The Labute approximate surface area is 184 Å². The van der Waals surface area contributed by atoms with Crippen molar-refractivity contribution in [3.63, 3.8) is 0 Å². The molecule has 1 amide bonds. The van der Waals surface area contributed by atoms with Gasteiger partial charge in [0.1, 0.15) is 0 Å². The molecule has 150 valence electrons. The van der Waals surface area contributed by atoms with Crippen molar-refractivity contribution in [3.8, 4) is 0 Å². The maximum absolute atomic E-state index is 12.4. The van der Waals surface area contributed by atoms with Gasteiger partial charge in [0.25, 0.3) is 5.91 Å². The van der Waals surface area contributed by atoms with E-state index in [1.165, 1.54) is 5.56 Å². The lowest BCUT2D eigenvalue weighted by molar-refractivity contribution is 0.0954. The number of benzene rings is 3. The number of nitrogens with one attached hydrogen (secondary N) is 1. The predicted octanol–water partition coefficient (Wildman–Crippen LogP) is 5.83. The van der Waals surface area contributed by atoms with Crippen molar-refractivity contribution < 1.29 is 4.79 Å². The highest BCUT2D eigenvalue weighted by molar-refractivity contribution is 9.10. The molecule has 0 fully saturated rings. The van der Waals surface area contributed by atoms with Crippen LogP contribution in [-0.4, -0.2) is 16.7 Å². The third-order valence-corrected chi connectivity index (χ3v) is 5.81. The topological polar surface area (TPSA) is 46.4 Å². The molecule has 0 radical (unpaired) electrons. The molecule has 4 aromatic rings. The number of carbonyl (C=O) groups is 1. The lowest BCUT2D eigenvalue weighted by Crippen LogP contribution is -2.18. The molecule has 1 heterocycles. The molecule has 0 atom stereocenters. The van der Waals surface area contributed by atoms with Crippen LogP contribution in [0.25, 0.3) is 10.9 Å². The van der Waals surface area contributed by atoms with E-state index >= 15 is 0 Å². The van der Waals surface area contributed by atoms with Gasteiger partial charge in [0.15, 0.2) is 0 Å². The van der Waals surface area contributed by atoms with E-state index in [1.54, 1.807) is 12.3 Å². The Bertz CT molecular complexity index is 1240. The molecular weight excluding hydrogens is 438 g/mol. The number of hydrazone groups is 1. The van der Waals surface area contributed by atoms with E-state index in [0.29, 0.717) is 5.56 Å². The summed E-state index contributed by atoms with van der Waals surface area (Å²) in [5.74, 6) is -0.208. The van der Waals surface area contributed by atoms with E-state index in [4.69, 9.17) is 0 Å². The zero-order valence-corrected chi connectivity index (χ0v) is 18.5. The summed E-state index contributed by atoms with van der Waals surface area (Å²) in [4.78, 5) is 12.4. The first-order valence-corrected chi connectivity index (χ1v) is 10.5. The zero-order valence-electron chi connectivity index (χ0n) is 16.9. The van der Waals surface area contributed by atoms with Crippen molar-refractivity contribution in [2.24, 2.45) is 5.10 Å². The summed E-state index contributed by atoms with van der Waals surface area (Å²) >= 11 is 3.49. The van der Waals surface area contributed by atoms with Gasteiger partial charge in [-0.25, -0.2) is 5.43 Å². The average Bonchev–Trinajstić information content (AvgIpc) is 3.01. The Balaban J connectivity index is 1.63. The Morgan fingerprint density at radius 1 is 1.00 bits per heavy atom. The number of nitrogens with zero attached hydrogens (tertiary/aromatic N) is 2. The van der Waals surface area contributed by atoms with Gasteiger partial charge in [-0.05, 0) is 49.2 Å². The minimum atomic E-state index is -0.208. The number of rotatable bonds is 5. The summed E-state index contributed by atoms with van der Waals surface area (Å²) < 4.78 is 3.35. The molecule has 0 saturated heterocycles. The zero-order chi connectivity index (χ0) is 21.1. The van der Waals surface area contributed by atoms with E-state index < -0.39 is 0 Å². The Morgan fingerprint density at radius 3 is 2.47 bits per heavy atom. The molecule has 0 aliphatic heterocycles. The van der Waals surface area contributed by atoms with Crippen molar-refractivity contribution in [2.45, 2.75) is 20.4 Å². The van der Waals surface area contributed by atoms with Crippen molar-refractivity contribution in [3.05, 3.63) is 105 Å². The van der Waals surface area contributed by atoms with Crippen molar-refractivity contribution in [1.29, 1.82) is 0 Å². The van der Waals surface area contributed by atoms with Crippen LogP contribution >= 0.6 is 15.9 Å². The summed E-state index contributed by atoms with van der Waals surface area (Å²) in [6.07, 6.45) is 1.74. The van der Waals surface area contributed by atoms with Gasteiger partial charge in [0, 0.05) is 38.7 Å². The number of carbonyl (C=O) groups excluding carboxylic acids is 1. The third-order valence-electron chi connectivity index (χ3n) is 5.28. The molecule has 4 rings (SSSR count). The fraction of sp³-hybridized carbons (Fsp3) is 0.120. The Morgan fingerprint density at radius 2 is 1.70 bits per heavy atom. The Hall–Kier alpha value is -3.18. The number of hydrogen-bond donors (Lipinski definition) is 1. The summed E-state index contributed by atoms with van der Waals surface area (Å²) in [6, 6.07) is 24.1. The van der Waals surface area contributed by atoms with Gasteiger partial charge in [-0.2, -0.15) is 5.10 Å². The van der Waals surface area contributed by atoms with Gasteiger partial charge in [0.05, 0.1) is 6.21 Å². The fourth-order valence-electron chi connectivity index (χ4n) is 3.64. The summed E-state index contributed by atoms with van der Waals surface area (Å²) in [6.45, 7) is 4.77. The van der Waals surface area contributed by atoms with Gasteiger partial charge >= 0.3 is 0 Å². The third kappa shape index (κ3) is 4.07. The van der Waals surface area contributed by atoms with Crippen LogP contribution in [-0.2, 0) is 6.54 Å². The molecule has 0 unspecified atom stereocenters. The standard InChI is InChI=1S/C25H22BrN3O/c1-17-7-3-4-8-21(17)25(30)28-27-15-23-18(2)29(24-10-6-5-9-22(23)24)16-19-11-13-20(26)14-12-19/h3-15H,16H2,1-2H3,(H,28,30)/b27-15+. The summed E-state index contributed by atoms with van der Waals surface area (Å²) in [7, 11) is 0. The highest BCUT2D eigenvalue weighted by atomic mass is 79.9. The molecule has 0 aliphatic rings. The SMILES string of the molecule is Cc1ccccc1C(=O)N/N=C/c1c(C)n(Cc2ccc(Br)cc2)c2ccccc12. The number of aromatic nitrogens is 1. The van der Waals surface area contributed by atoms with Gasteiger partial charge in [-0.15, -0.1) is 0 Å². The largest absolute Gasteiger partial charge is 0.340 e. The van der Waals surface area contributed by atoms with E-state index in [9.17, 15) is 4.79 Å². The van der Waals surface area contributed by atoms with Crippen LogP contribution in [0.2, 0.25) is 0 Å². The number of amides is 1. The molecule has 0 aliphatic carbocycles. The molecule has 30 heavy (non-hydrogen) atoms. The second-order valence-electron chi connectivity index (χ2n) is 7.24. The molecule has 3 aromatic carbocycles. The second kappa shape index (κ2) is 8.67. The van der Waals surface area contributed by atoms with Crippen molar-refractivity contribution in [1.82, 2.24) is 9.99 Å². The first-order chi connectivity index (χ1) is 14.5. The lowest BCUT2D eigenvalue weighted by Gasteiger charge is -2.09. The number of halogens is 1. The van der Waals surface area contributed by atoms with Gasteiger partial charge in [0.2, 0.25) is 0 Å². The van der Waals surface area contributed by atoms with E-state index in [2.05, 4.69) is 74.3 Å². The van der Waals surface area contributed by atoms with E-state index in [1.807, 2.05) is 37.3 Å². The van der Waals surface area contributed by atoms with Crippen LogP contribution < -0.4 is 5.43 Å². The normalized spacial score (nSPS) is 11.3. The molecular formula is C25H22BrN3O. The minimum Gasteiger partial charge on any atom is -0.340 e. The molecule has 0 bridgehead atoms. The number of para-hydroxylation sites is 1. The van der Waals surface area contributed by atoms with Crippen LogP contribution in [0.3, 0.4) is 0 Å². The first-order valence-electron chi connectivity index (χ1n) is 9.76. The second-order valence-corrected chi connectivity index (χ2v) is 8.16. The maximum Gasteiger partial charge on any atom is 0.271 e. The van der Waals surface area contributed by atoms with Crippen LogP contribution in [0, 0.1) is 13.8 Å². The molecule has 4 nitrogen and oxygen atoms in total. The van der Waals surface area contributed by atoms with Crippen molar-refractivity contribution in [2.75, 3.05) is 0 Å². The van der Waals surface area contributed by atoms with Crippen molar-refractivity contribution >= 4 is 39.0 Å². The maximum atomic E-state index is 12.4. The molecule has 0 spiro atoms. The molecule has 5 heteroatoms. The number of aryl methyl sites for hydroxylation is 1. The highest BCUT2D eigenvalue weighted by Crippen LogP contribution is 2.26. The van der Waals surface area contributed by atoms with Crippen LogP contribution in [0.15, 0.2) is 82.4 Å². The first kappa shape index (κ1) is 20.1. The van der Waals surface area contributed by atoms with Crippen LogP contribution in [0.4, 0.5) is 0 Å². The fourth-order valence-corrected chi connectivity index (χ4v) is 3.90. The Kier molecular flexibility index (Phi) is 5.81. The van der Waals surface area contributed by atoms with Crippen LogP contribution in [0.1, 0.15) is 32.7 Å². The van der Waals surface area contributed by atoms with Gasteiger partial charge in [-0.3, -0.25) is 4.79 Å². The van der Waals surface area contributed by atoms with Gasteiger partial charge < -0.3 is 4.57 Å². The number of hydrogen-bond acceptors (Lipinski definition) is 2. The van der Waals surface area contributed by atoms with E-state index in [0.717, 1.165) is 38.7 Å². The van der Waals surface area contributed by atoms with Gasteiger partial charge in [-0.1, -0.05) is 64.5 Å². The summed E-state index contributed by atoms with van der Waals surface area (Å²) in [5, 5.41) is 5.37. The lowest BCUT2D eigenvalue weighted by atomic mass is 10.1. The summed E-state index contributed by atoms with van der Waals surface area (Å²) in [5.41, 5.74) is 8.69. The average molecular weight is 460 g/mol. The quantitative estimate of drug-likeness (QED) is 0.296. The highest BCUT2D eigenvalue weighted by Gasteiger charge is 2.13.